The second-order valence-electron chi connectivity index (χ2n) is 5.32. The van der Waals surface area contributed by atoms with Crippen LogP contribution in [0.15, 0.2) is 22.8 Å². The van der Waals surface area contributed by atoms with E-state index in [1.54, 1.807) is 6.26 Å². The van der Waals surface area contributed by atoms with Gasteiger partial charge in [-0.2, -0.15) is 0 Å². The highest BCUT2D eigenvalue weighted by Crippen LogP contribution is 2.31. The van der Waals surface area contributed by atoms with Crippen molar-refractivity contribution in [3.05, 3.63) is 24.2 Å². The van der Waals surface area contributed by atoms with Gasteiger partial charge in [-0.15, -0.1) is 0 Å². The summed E-state index contributed by atoms with van der Waals surface area (Å²) in [7, 11) is 1.88. The van der Waals surface area contributed by atoms with Gasteiger partial charge >= 0.3 is 0 Å². The highest BCUT2D eigenvalue weighted by atomic mass is 16.5. The van der Waals surface area contributed by atoms with Crippen LogP contribution in [0.2, 0.25) is 0 Å². The summed E-state index contributed by atoms with van der Waals surface area (Å²) in [4.78, 5) is 14.6. The number of ether oxygens (including phenoxy) is 1. The molecule has 19 heavy (non-hydrogen) atoms. The molecule has 5 heteroatoms. The van der Waals surface area contributed by atoms with Crippen molar-refractivity contribution in [3.8, 4) is 0 Å². The van der Waals surface area contributed by atoms with E-state index in [1.807, 2.05) is 24.1 Å². The highest BCUT2D eigenvalue weighted by Gasteiger charge is 2.41. The summed E-state index contributed by atoms with van der Waals surface area (Å²) in [5.41, 5.74) is 0. The minimum atomic E-state index is -0.0689. The first-order valence-corrected chi connectivity index (χ1v) is 6.87. The van der Waals surface area contributed by atoms with Crippen molar-refractivity contribution < 1.29 is 13.9 Å². The second-order valence-corrected chi connectivity index (χ2v) is 5.32. The zero-order valence-electron chi connectivity index (χ0n) is 11.2. The van der Waals surface area contributed by atoms with Gasteiger partial charge in [-0.25, -0.2) is 0 Å². The second kappa shape index (κ2) is 5.35. The van der Waals surface area contributed by atoms with Crippen LogP contribution in [0.3, 0.4) is 0 Å². The topological polar surface area (TPSA) is 54.7 Å². The lowest BCUT2D eigenvalue weighted by atomic mass is 10.0. The van der Waals surface area contributed by atoms with E-state index in [1.165, 1.54) is 0 Å². The van der Waals surface area contributed by atoms with E-state index in [-0.39, 0.29) is 17.9 Å². The fraction of sp³-hybridized carbons (Fsp3) is 0.643. The molecule has 2 fully saturated rings. The number of amides is 1. The van der Waals surface area contributed by atoms with E-state index >= 15 is 0 Å². The molecular formula is C14H20N2O3. The maximum Gasteiger partial charge on any atom is 0.230 e. The Kier molecular flexibility index (Phi) is 3.57. The van der Waals surface area contributed by atoms with Crippen molar-refractivity contribution in [2.24, 2.45) is 5.92 Å². The number of nitrogens with zero attached hydrogens (tertiary/aromatic N) is 1. The Labute approximate surface area is 112 Å². The Morgan fingerprint density at radius 1 is 1.47 bits per heavy atom. The predicted octanol–water partition coefficient (Wildman–Crippen LogP) is 1.00. The van der Waals surface area contributed by atoms with Gasteiger partial charge in [0, 0.05) is 12.1 Å². The van der Waals surface area contributed by atoms with Crippen LogP contribution >= 0.6 is 0 Å². The largest absolute Gasteiger partial charge is 0.467 e. The third-order valence-corrected chi connectivity index (χ3v) is 3.95. The van der Waals surface area contributed by atoms with Crippen molar-refractivity contribution in [2.75, 3.05) is 20.3 Å². The van der Waals surface area contributed by atoms with Gasteiger partial charge in [0.05, 0.1) is 31.9 Å². The Hall–Kier alpha value is -1.33. The minimum Gasteiger partial charge on any atom is -0.467 e. The lowest BCUT2D eigenvalue weighted by molar-refractivity contribution is -0.137. The number of hydrogen-bond acceptors (Lipinski definition) is 4. The Morgan fingerprint density at radius 3 is 2.95 bits per heavy atom. The summed E-state index contributed by atoms with van der Waals surface area (Å²) >= 11 is 0. The average Bonchev–Trinajstić information content (AvgIpc) is 2.95. The van der Waals surface area contributed by atoms with E-state index in [9.17, 15) is 4.79 Å². The minimum absolute atomic E-state index is 0.0689. The van der Waals surface area contributed by atoms with Gasteiger partial charge in [0.1, 0.15) is 5.76 Å². The molecule has 3 rings (SSSR count). The monoisotopic (exact) mass is 264 g/mol. The van der Waals surface area contributed by atoms with Gasteiger partial charge < -0.3 is 19.4 Å². The molecule has 2 aliphatic rings. The molecule has 0 radical (unpaired) electrons. The van der Waals surface area contributed by atoms with E-state index in [4.69, 9.17) is 9.15 Å². The first-order valence-electron chi connectivity index (χ1n) is 6.87. The number of likely N-dealkylation sites (N-methyl/N-ethyl adjacent to an activating group) is 1. The fourth-order valence-electron chi connectivity index (χ4n) is 2.64. The van der Waals surface area contributed by atoms with Crippen molar-refractivity contribution in [3.63, 3.8) is 0 Å². The van der Waals surface area contributed by atoms with Crippen LogP contribution in [-0.4, -0.2) is 43.2 Å². The van der Waals surface area contributed by atoms with Crippen LogP contribution in [0.4, 0.5) is 0 Å². The lowest BCUT2D eigenvalue weighted by Crippen LogP contribution is -2.45. The summed E-state index contributed by atoms with van der Waals surface area (Å²) < 4.78 is 10.8. The third-order valence-electron chi connectivity index (χ3n) is 3.95. The Morgan fingerprint density at radius 2 is 2.32 bits per heavy atom. The summed E-state index contributed by atoms with van der Waals surface area (Å²) in [6.45, 7) is 1.71. The smallest absolute Gasteiger partial charge is 0.230 e. The lowest BCUT2D eigenvalue weighted by Gasteiger charge is -2.26. The van der Waals surface area contributed by atoms with E-state index in [0.29, 0.717) is 25.8 Å². The molecule has 2 atom stereocenters. The van der Waals surface area contributed by atoms with E-state index in [0.717, 1.165) is 18.6 Å². The molecule has 1 aliphatic heterocycles. The first kappa shape index (κ1) is 12.7. The molecule has 5 nitrogen and oxygen atoms in total. The van der Waals surface area contributed by atoms with Crippen molar-refractivity contribution in [1.82, 2.24) is 10.2 Å². The predicted molar refractivity (Wildman–Crippen MR) is 69.4 cm³/mol. The number of rotatable bonds is 5. The van der Waals surface area contributed by atoms with Crippen molar-refractivity contribution in [1.29, 1.82) is 0 Å². The van der Waals surface area contributed by atoms with Gasteiger partial charge in [-0.3, -0.25) is 4.79 Å². The summed E-state index contributed by atoms with van der Waals surface area (Å²) in [6, 6.07) is 4.30. The SMILES string of the molecule is CNC1COCC1C(=O)N(Cc1ccco1)C1CC1. The molecule has 1 amide bonds. The molecule has 2 unspecified atom stereocenters. The molecule has 0 bridgehead atoms. The Bertz CT molecular complexity index is 428. The number of nitrogens with one attached hydrogen (secondary N) is 1. The van der Waals surface area contributed by atoms with Gasteiger partial charge in [0.15, 0.2) is 0 Å². The normalized spacial score (nSPS) is 26.6. The molecule has 1 aromatic rings. The van der Waals surface area contributed by atoms with E-state index < -0.39 is 0 Å². The quantitative estimate of drug-likeness (QED) is 0.862. The molecule has 0 aromatic carbocycles. The number of carbonyl (C=O) groups excluding carboxylic acids is 1. The van der Waals surface area contributed by atoms with Crippen LogP contribution in [0.5, 0.6) is 0 Å². The fourth-order valence-corrected chi connectivity index (χ4v) is 2.64. The molecule has 1 aromatic heterocycles. The molecule has 1 N–H and O–H groups in total. The standard InChI is InChI=1S/C14H20N2O3/c1-15-13-9-18-8-12(13)14(17)16(10-4-5-10)7-11-3-2-6-19-11/h2-3,6,10,12-13,15H,4-5,7-9H2,1H3. The van der Waals surface area contributed by atoms with Crippen LogP contribution < -0.4 is 5.32 Å². The number of furan rings is 1. The maximum absolute atomic E-state index is 12.7. The van der Waals surface area contributed by atoms with Gasteiger partial charge in [-0.1, -0.05) is 0 Å². The zero-order chi connectivity index (χ0) is 13.2. The molecule has 1 aliphatic carbocycles. The van der Waals surface area contributed by atoms with Crippen LogP contribution in [0.1, 0.15) is 18.6 Å². The van der Waals surface area contributed by atoms with Crippen molar-refractivity contribution >= 4 is 5.91 Å². The van der Waals surface area contributed by atoms with Crippen LogP contribution in [0, 0.1) is 5.92 Å². The first-order chi connectivity index (χ1) is 9.29. The molecule has 0 spiro atoms. The summed E-state index contributed by atoms with van der Waals surface area (Å²) in [5, 5.41) is 3.17. The van der Waals surface area contributed by atoms with Gasteiger partial charge in [0.2, 0.25) is 5.91 Å². The van der Waals surface area contributed by atoms with E-state index in [2.05, 4.69) is 5.32 Å². The Balaban J connectivity index is 1.71. The van der Waals surface area contributed by atoms with Gasteiger partial charge in [-0.05, 0) is 32.0 Å². The average molecular weight is 264 g/mol. The molecule has 1 saturated carbocycles. The molecule has 1 saturated heterocycles. The summed E-state index contributed by atoms with van der Waals surface area (Å²) in [5.74, 6) is 0.969. The molecule has 104 valence electrons. The molecule has 2 heterocycles. The molecular weight excluding hydrogens is 244 g/mol. The third kappa shape index (κ3) is 2.67. The number of carbonyl (C=O) groups is 1. The highest BCUT2D eigenvalue weighted by molar-refractivity contribution is 5.80. The zero-order valence-corrected chi connectivity index (χ0v) is 11.2. The summed E-state index contributed by atoms with van der Waals surface area (Å²) in [6.07, 6.45) is 3.86. The van der Waals surface area contributed by atoms with Gasteiger partial charge in [0.25, 0.3) is 0 Å². The van der Waals surface area contributed by atoms with Crippen LogP contribution in [-0.2, 0) is 16.1 Å². The number of hydrogen-bond donors (Lipinski definition) is 1. The van der Waals surface area contributed by atoms with Crippen molar-refractivity contribution in [2.45, 2.75) is 31.5 Å². The van der Waals surface area contributed by atoms with Crippen LogP contribution in [0.25, 0.3) is 0 Å². The maximum atomic E-state index is 12.7.